The molecule has 5 heteroatoms. The third-order valence-corrected chi connectivity index (χ3v) is 3.87. The molecule has 17 heavy (non-hydrogen) atoms. The van der Waals surface area contributed by atoms with E-state index >= 15 is 0 Å². The number of hydrogen-bond acceptors (Lipinski definition) is 5. The molecule has 0 radical (unpaired) electrons. The Balaban J connectivity index is 2.62. The minimum absolute atomic E-state index is 0.131. The number of rotatable bonds is 7. The van der Waals surface area contributed by atoms with Crippen LogP contribution in [0.3, 0.4) is 0 Å². The van der Waals surface area contributed by atoms with Crippen LogP contribution in [0.4, 0.5) is 0 Å². The fourth-order valence-electron chi connectivity index (χ4n) is 1.56. The van der Waals surface area contributed by atoms with Crippen molar-refractivity contribution < 1.29 is 4.74 Å². The lowest BCUT2D eigenvalue weighted by Gasteiger charge is -2.37. The summed E-state index contributed by atoms with van der Waals surface area (Å²) in [5.41, 5.74) is 6.84. The van der Waals surface area contributed by atoms with Gasteiger partial charge in [0.25, 0.3) is 0 Å². The molecule has 0 fully saturated rings. The molecule has 98 valence electrons. The molecule has 1 aromatic rings. The fraction of sp³-hybridized carbons (Fsp3) is 0.750. The summed E-state index contributed by atoms with van der Waals surface area (Å²) in [6, 6.07) is 0. The van der Waals surface area contributed by atoms with E-state index in [1.54, 1.807) is 11.3 Å². The predicted octanol–water partition coefficient (Wildman–Crippen LogP) is 1.64. The minimum Gasteiger partial charge on any atom is -0.380 e. The van der Waals surface area contributed by atoms with Gasteiger partial charge in [-0.25, -0.2) is 4.98 Å². The predicted molar refractivity (Wildman–Crippen MR) is 72.3 cm³/mol. The van der Waals surface area contributed by atoms with Gasteiger partial charge in [0.2, 0.25) is 0 Å². The lowest BCUT2D eigenvalue weighted by Crippen LogP contribution is -2.52. The van der Waals surface area contributed by atoms with Crippen LogP contribution in [0.2, 0.25) is 0 Å². The van der Waals surface area contributed by atoms with Crippen LogP contribution >= 0.6 is 11.3 Å². The van der Waals surface area contributed by atoms with Gasteiger partial charge in [0.15, 0.2) is 0 Å². The Kier molecular flexibility index (Phi) is 5.52. The van der Waals surface area contributed by atoms with Crippen molar-refractivity contribution in [3.05, 3.63) is 16.1 Å². The Morgan fingerprint density at radius 1 is 1.59 bits per heavy atom. The van der Waals surface area contributed by atoms with E-state index < -0.39 is 0 Å². The van der Waals surface area contributed by atoms with Gasteiger partial charge in [-0.05, 0) is 27.8 Å². The summed E-state index contributed by atoms with van der Waals surface area (Å²) in [6.07, 6.45) is 0. The van der Waals surface area contributed by atoms with Gasteiger partial charge in [-0.1, -0.05) is 0 Å². The van der Waals surface area contributed by atoms with Gasteiger partial charge in [0, 0.05) is 25.1 Å². The van der Waals surface area contributed by atoms with E-state index in [4.69, 9.17) is 10.5 Å². The van der Waals surface area contributed by atoms with Gasteiger partial charge < -0.3 is 10.5 Å². The van der Waals surface area contributed by atoms with Gasteiger partial charge in [0.05, 0.1) is 22.8 Å². The van der Waals surface area contributed by atoms with Gasteiger partial charge in [-0.3, -0.25) is 4.90 Å². The monoisotopic (exact) mass is 257 g/mol. The third-order valence-electron chi connectivity index (χ3n) is 3.04. The average molecular weight is 257 g/mol. The SMILES string of the molecule is CCOCC(C)(CN)N(C)Cc1csc(C)n1. The van der Waals surface area contributed by atoms with Crippen molar-refractivity contribution in [1.82, 2.24) is 9.88 Å². The molecule has 1 heterocycles. The second-order valence-corrected chi connectivity index (χ2v) is 5.61. The first-order chi connectivity index (χ1) is 8.01. The van der Waals surface area contributed by atoms with Gasteiger partial charge >= 0.3 is 0 Å². The van der Waals surface area contributed by atoms with E-state index in [9.17, 15) is 0 Å². The van der Waals surface area contributed by atoms with E-state index in [0.29, 0.717) is 13.2 Å². The van der Waals surface area contributed by atoms with Crippen molar-refractivity contribution in [3.63, 3.8) is 0 Å². The van der Waals surface area contributed by atoms with E-state index in [1.165, 1.54) is 0 Å². The van der Waals surface area contributed by atoms with Crippen LogP contribution in [-0.2, 0) is 11.3 Å². The first-order valence-electron chi connectivity index (χ1n) is 5.92. The summed E-state index contributed by atoms with van der Waals surface area (Å²) >= 11 is 1.68. The van der Waals surface area contributed by atoms with Crippen molar-refractivity contribution in [2.75, 3.05) is 26.8 Å². The second kappa shape index (κ2) is 6.44. The van der Waals surface area contributed by atoms with Crippen molar-refractivity contribution in [3.8, 4) is 0 Å². The zero-order chi connectivity index (χ0) is 12.9. The van der Waals surface area contributed by atoms with Crippen molar-refractivity contribution in [2.45, 2.75) is 32.9 Å². The Morgan fingerprint density at radius 3 is 2.76 bits per heavy atom. The molecular weight excluding hydrogens is 234 g/mol. The van der Waals surface area contributed by atoms with Gasteiger partial charge in [0.1, 0.15) is 0 Å². The Hall–Kier alpha value is -0.490. The van der Waals surface area contributed by atoms with Crippen LogP contribution in [0.1, 0.15) is 24.5 Å². The summed E-state index contributed by atoms with van der Waals surface area (Å²) in [5.74, 6) is 0. The van der Waals surface area contributed by atoms with Crippen LogP contribution in [0.15, 0.2) is 5.38 Å². The number of nitrogens with two attached hydrogens (primary N) is 1. The summed E-state index contributed by atoms with van der Waals surface area (Å²) in [4.78, 5) is 6.69. The van der Waals surface area contributed by atoms with E-state index in [-0.39, 0.29) is 5.54 Å². The summed E-state index contributed by atoms with van der Waals surface area (Å²) < 4.78 is 5.51. The molecule has 0 aliphatic carbocycles. The second-order valence-electron chi connectivity index (χ2n) is 4.55. The largest absolute Gasteiger partial charge is 0.380 e. The Bertz CT molecular complexity index is 342. The standard InChI is InChI=1S/C12H23N3OS/c1-5-16-9-12(3,8-13)15(4)6-11-7-17-10(2)14-11/h7H,5-6,8-9,13H2,1-4H3. The van der Waals surface area contributed by atoms with E-state index in [2.05, 4.69) is 29.2 Å². The molecule has 2 N–H and O–H groups in total. The van der Waals surface area contributed by atoms with Crippen molar-refractivity contribution in [1.29, 1.82) is 0 Å². The zero-order valence-corrected chi connectivity index (χ0v) is 12.0. The lowest BCUT2D eigenvalue weighted by molar-refractivity contribution is 0.0197. The maximum atomic E-state index is 5.87. The maximum absolute atomic E-state index is 5.87. The number of ether oxygens (including phenoxy) is 1. The molecule has 4 nitrogen and oxygen atoms in total. The van der Waals surface area contributed by atoms with Crippen LogP contribution in [-0.4, -0.2) is 42.2 Å². The first kappa shape index (κ1) is 14.6. The highest BCUT2D eigenvalue weighted by Gasteiger charge is 2.28. The molecule has 0 aliphatic heterocycles. The van der Waals surface area contributed by atoms with Gasteiger partial charge in [-0.15, -0.1) is 11.3 Å². The number of likely N-dealkylation sites (N-methyl/N-ethyl adjacent to an activating group) is 1. The zero-order valence-electron chi connectivity index (χ0n) is 11.2. The molecule has 1 atom stereocenters. The molecule has 0 aliphatic rings. The molecule has 1 aromatic heterocycles. The molecule has 0 aromatic carbocycles. The number of nitrogens with zero attached hydrogens (tertiary/aromatic N) is 2. The summed E-state index contributed by atoms with van der Waals surface area (Å²) in [6.45, 7) is 8.91. The fourth-order valence-corrected chi connectivity index (χ4v) is 2.17. The average Bonchev–Trinajstić information content (AvgIpc) is 2.71. The molecular formula is C12H23N3OS. The molecule has 0 amide bonds. The quantitative estimate of drug-likeness (QED) is 0.807. The molecule has 0 saturated carbocycles. The minimum atomic E-state index is -0.131. The van der Waals surface area contributed by atoms with E-state index in [1.807, 2.05) is 13.8 Å². The van der Waals surface area contributed by atoms with Crippen LogP contribution < -0.4 is 5.73 Å². The third kappa shape index (κ3) is 4.03. The summed E-state index contributed by atoms with van der Waals surface area (Å²) in [5, 5.41) is 3.20. The number of hydrogen-bond donors (Lipinski definition) is 1. The highest BCUT2D eigenvalue weighted by atomic mass is 32.1. The topological polar surface area (TPSA) is 51.4 Å². The number of thiazole rings is 1. The smallest absolute Gasteiger partial charge is 0.0897 e. The lowest BCUT2D eigenvalue weighted by atomic mass is 10.0. The highest BCUT2D eigenvalue weighted by Crippen LogP contribution is 2.17. The number of aryl methyl sites for hydroxylation is 1. The maximum Gasteiger partial charge on any atom is 0.0897 e. The molecule has 0 bridgehead atoms. The normalized spacial score (nSPS) is 15.2. The van der Waals surface area contributed by atoms with Gasteiger partial charge in [-0.2, -0.15) is 0 Å². The molecule has 0 spiro atoms. The summed E-state index contributed by atoms with van der Waals surface area (Å²) in [7, 11) is 2.07. The van der Waals surface area contributed by atoms with Crippen molar-refractivity contribution in [2.24, 2.45) is 5.73 Å². The van der Waals surface area contributed by atoms with Crippen molar-refractivity contribution >= 4 is 11.3 Å². The van der Waals surface area contributed by atoms with Crippen LogP contribution in [0.5, 0.6) is 0 Å². The molecule has 0 saturated heterocycles. The Morgan fingerprint density at radius 2 is 2.29 bits per heavy atom. The first-order valence-corrected chi connectivity index (χ1v) is 6.80. The van der Waals surface area contributed by atoms with E-state index in [0.717, 1.165) is 23.9 Å². The van der Waals surface area contributed by atoms with Crippen LogP contribution in [0.25, 0.3) is 0 Å². The highest BCUT2D eigenvalue weighted by molar-refractivity contribution is 7.09. The molecule has 1 unspecified atom stereocenters. The molecule has 1 rings (SSSR count). The Labute approximate surface area is 108 Å². The number of aromatic nitrogens is 1. The van der Waals surface area contributed by atoms with Crippen LogP contribution in [0, 0.1) is 6.92 Å².